The molecular formula is C20H17Cl2F6N3O6S2. The van der Waals surface area contributed by atoms with Gasteiger partial charge < -0.3 is 9.08 Å². The van der Waals surface area contributed by atoms with Crippen molar-refractivity contribution in [2.75, 3.05) is 6.54 Å². The zero-order valence-corrected chi connectivity index (χ0v) is 22.4. The van der Waals surface area contributed by atoms with E-state index in [0.717, 1.165) is 18.3 Å². The van der Waals surface area contributed by atoms with Gasteiger partial charge in [-0.3, -0.25) is 4.79 Å². The monoisotopic (exact) mass is 643 g/mol. The Labute approximate surface area is 227 Å². The molecule has 2 atom stereocenters. The number of nitrogens with zero attached hydrogens (tertiary/aromatic N) is 3. The molecule has 0 radical (unpaired) electrons. The Hall–Kier alpha value is -2.24. The van der Waals surface area contributed by atoms with Gasteiger partial charge in [0.25, 0.3) is 0 Å². The lowest BCUT2D eigenvalue weighted by Crippen LogP contribution is -2.34. The molecule has 9 nitrogen and oxygen atoms in total. The van der Waals surface area contributed by atoms with Crippen LogP contribution in [0.25, 0.3) is 0 Å². The average molecular weight is 644 g/mol. The van der Waals surface area contributed by atoms with Crippen LogP contribution in [0.1, 0.15) is 42.1 Å². The quantitative estimate of drug-likeness (QED) is 0.257. The SMILES string of the molecule is O=C1C(Cc2c(Cl)cc(OS(=O)(=O)C(F)(F)F)cc2Cl)CCN1C1CCCc2nn(S(=O)(=O)C(F)(F)F)cc21. The van der Waals surface area contributed by atoms with Crippen LogP contribution in [0.5, 0.6) is 5.75 Å². The topological polar surface area (TPSA) is 116 Å². The first-order valence-electron chi connectivity index (χ1n) is 11.0. The first kappa shape index (κ1) is 29.7. The second-order valence-electron chi connectivity index (χ2n) is 8.83. The number of hydrogen-bond donors (Lipinski definition) is 0. The van der Waals surface area contributed by atoms with Crippen LogP contribution in [0, 0.1) is 5.92 Å². The van der Waals surface area contributed by atoms with Crippen LogP contribution in [0.15, 0.2) is 18.3 Å². The maximum Gasteiger partial charge on any atom is 0.534 e. The van der Waals surface area contributed by atoms with E-state index in [1.54, 1.807) is 0 Å². The highest BCUT2D eigenvalue weighted by Crippen LogP contribution is 2.41. The van der Waals surface area contributed by atoms with Gasteiger partial charge in [0, 0.05) is 46.4 Å². The Bertz CT molecular complexity index is 1500. The highest BCUT2D eigenvalue weighted by atomic mass is 35.5. The summed E-state index contributed by atoms with van der Waals surface area (Å²) in [6.07, 6.45) is 1.96. The third-order valence-electron chi connectivity index (χ3n) is 6.37. The molecule has 1 aliphatic heterocycles. The number of hydrogen-bond acceptors (Lipinski definition) is 7. The van der Waals surface area contributed by atoms with Gasteiger partial charge in [-0.2, -0.15) is 52.4 Å². The number of amides is 1. The normalized spacial score (nSPS) is 20.8. The number of rotatable bonds is 6. The molecular weight excluding hydrogens is 627 g/mol. The third-order valence-corrected chi connectivity index (χ3v) is 9.29. The zero-order chi connectivity index (χ0) is 29.1. The van der Waals surface area contributed by atoms with E-state index in [1.807, 2.05) is 0 Å². The van der Waals surface area contributed by atoms with Crippen molar-refractivity contribution in [1.29, 1.82) is 0 Å². The summed E-state index contributed by atoms with van der Waals surface area (Å²) in [7, 11) is -11.7. The van der Waals surface area contributed by atoms with E-state index in [2.05, 4.69) is 9.28 Å². The minimum atomic E-state index is -5.97. The van der Waals surface area contributed by atoms with E-state index in [0.29, 0.717) is 12.8 Å². The van der Waals surface area contributed by atoms with Crippen molar-refractivity contribution in [2.45, 2.75) is 49.2 Å². The number of aryl methyl sites for hydroxylation is 1. The zero-order valence-electron chi connectivity index (χ0n) is 19.3. The molecule has 0 spiro atoms. The van der Waals surface area contributed by atoms with E-state index in [4.69, 9.17) is 23.2 Å². The minimum Gasteiger partial charge on any atom is -0.376 e. The van der Waals surface area contributed by atoms with Gasteiger partial charge in [-0.25, -0.2) is 0 Å². The number of halogens is 8. The molecule has 1 fully saturated rings. The molecule has 0 saturated carbocycles. The second kappa shape index (κ2) is 9.99. The summed E-state index contributed by atoms with van der Waals surface area (Å²) in [6, 6.07) is 0.899. The fourth-order valence-electron chi connectivity index (χ4n) is 4.55. The van der Waals surface area contributed by atoms with Crippen molar-refractivity contribution in [3.63, 3.8) is 0 Å². The molecule has 2 heterocycles. The number of benzene rings is 1. The summed E-state index contributed by atoms with van der Waals surface area (Å²) in [5.41, 5.74) is -10.8. The molecule has 2 aromatic rings. The highest BCUT2D eigenvalue weighted by molar-refractivity contribution is 7.90. The van der Waals surface area contributed by atoms with E-state index in [9.17, 15) is 48.0 Å². The standard InChI is InChI=1S/C20H17Cl2F6N3O6S2/c21-14-7-11(37-39(35,36)20(26,27)28)8-15(22)12(14)6-10-4-5-30(18(10)32)17-3-1-2-16-13(17)9-31(29-16)38(33,34)19(23,24)25/h7-10,17H,1-6H2. The number of alkyl halides is 6. The van der Waals surface area contributed by atoms with Crippen LogP contribution in [-0.2, 0) is 37.8 Å². The highest BCUT2D eigenvalue weighted by Gasteiger charge is 2.50. The van der Waals surface area contributed by atoms with Crippen LogP contribution in [0.3, 0.4) is 0 Å². The lowest BCUT2D eigenvalue weighted by atomic mass is 9.92. The average Bonchev–Trinajstić information content (AvgIpc) is 3.38. The van der Waals surface area contributed by atoms with E-state index >= 15 is 0 Å². The van der Waals surface area contributed by atoms with Gasteiger partial charge in [0.05, 0.1) is 11.7 Å². The van der Waals surface area contributed by atoms with Gasteiger partial charge in [0.2, 0.25) is 5.91 Å². The largest absolute Gasteiger partial charge is 0.534 e. The summed E-state index contributed by atoms with van der Waals surface area (Å²) in [5, 5.41) is 3.10. The van der Waals surface area contributed by atoms with Crippen molar-refractivity contribution < 1.29 is 52.2 Å². The Morgan fingerprint density at radius 3 is 2.18 bits per heavy atom. The maximum atomic E-state index is 13.3. The molecule has 19 heteroatoms. The molecule has 0 bridgehead atoms. The van der Waals surface area contributed by atoms with Gasteiger partial charge >= 0.3 is 31.2 Å². The molecule has 1 aromatic carbocycles. The summed E-state index contributed by atoms with van der Waals surface area (Å²) in [5.74, 6) is -1.94. The van der Waals surface area contributed by atoms with Gasteiger partial charge in [-0.05, 0) is 37.7 Å². The number of likely N-dealkylation sites (tertiary alicyclic amines) is 1. The molecule has 1 aromatic heterocycles. The van der Waals surface area contributed by atoms with Crippen molar-refractivity contribution in [3.8, 4) is 5.75 Å². The second-order valence-corrected chi connectivity index (χ2v) is 13.0. The molecule has 1 amide bonds. The Morgan fingerprint density at radius 2 is 1.62 bits per heavy atom. The minimum absolute atomic E-state index is 0.0827. The molecule has 1 saturated heterocycles. The number of carbonyl (C=O) groups is 1. The molecule has 1 aliphatic carbocycles. The lowest BCUT2D eigenvalue weighted by molar-refractivity contribution is -0.133. The van der Waals surface area contributed by atoms with Crippen LogP contribution in [0.2, 0.25) is 10.0 Å². The van der Waals surface area contributed by atoms with Crippen LogP contribution < -0.4 is 4.18 Å². The van der Waals surface area contributed by atoms with Gasteiger partial charge in [-0.1, -0.05) is 23.2 Å². The smallest absolute Gasteiger partial charge is 0.376 e. The van der Waals surface area contributed by atoms with Crippen LogP contribution in [-0.4, -0.2) is 54.4 Å². The van der Waals surface area contributed by atoms with E-state index < -0.39 is 54.8 Å². The van der Waals surface area contributed by atoms with E-state index in [1.165, 1.54) is 4.90 Å². The summed E-state index contributed by atoms with van der Waals surface area (Å²) in [6.45, 7) is 0.172. The molecule has 216 valence electrons. The fourth-order valence-corrected chi connectivity index (χ4v) is 6.28. The van der Waals surface area contributed by atoms with Crippen molar-refractivity contribution in [1.82, 2.24) is 14.1 Å². The third kappa shape index (κ3) is 5.54. The fraction of sp³-hybridized carbons (Fsp3) is 0.500. The molecule has 2 aliphatic rings. The molecule has 39 heavy (non-hydrogen) atoms. The first-order valence-corrected chi connectivity index (χ1v) is 14.6. The number of aromatic nitrogens is 2. The van der Waals surface area contributed by atoms with Gasteiger partial charge in [-0.15, -0.1) is 0 Å². The van der Waals surface area contributed by atoms with Crippen molar-refractivity contribution in [2.24, 2.45) is 5.92 Å². The number of carbonyl (C=O) groups excluding carboxylic acids is 1. The molecule has 0 N–H and O–H groups in total. The lowest BCUT2D eigenvalue weighted by Gasteiger charge is -2.31. The summed E-state index contributed by atoms with van der Waals surface area (Å²) in [4.78, 5) is 14.7. The van der Waals surface area contributed by atoms with Crippen LogP contribution in [0.4, 0.5) is 26.3 Å². The van der Waals surface area contributed by atoms with Crippen molar-refractivity contribution >= 4 is 49.3 Å². The molecule has 2 unspecified atom stereocenters. The first-order chi connectivity index (χ1) is 17.8. The van der Waals surface area contributed by atoms with Gasteiger partial charge in [0.15, 0.2) is 0 Å². The maximum absolute atomic E-state index is 13.3. The van der Waals surface area contributed by atoms with Gasteiger partial charge in [0.1, 0.15) is 5.75 Å². The van der Waals surface area contributed by atoms with Crippen LogP contribution >= 0.6 is 23.2 Å². The Kier molecular flexibility index (Phi) is 7.62. The van der Waals surface area contributed by atoms with E-state index in [-0.39, 0.29) is 56.8 Å². The predicted molar refractivity (Wildman–Crippen MR) is 124 cm³/mol. The summed E-state index contributed by atoms with van der Waals surface area (Å²) < 4.78 is 127. The molecule has 4 rings (SSSR count). The number of fused-ring (bicyclic) bond motifs is 1. The summed E-state index contributed by atoms with van der Waals surface area (Å²) >= 11 is 12.2. The Morgan fingerprint density at radius 1 is 1.00 bits per heavy atom. The van der Waals surface area contributed by atoms with Crippen molar-refractivity contribution in [3.05, 3.63) is 45.2 Å². The Balaban J connectivity index is 1.54. The predicted octanol–water partition coefficient (Wildman–Crippen LogP) is 4.58.